The van der Waals surface area contributed by atoms with Crippen LogP contribution >= 0.6 is 11.3 Å². The summed E-state index contributed by atoms with van der Waals surface area (Å²) in [5, 5.41) is 1.28. The number of anilines is 1. The van der Waals surface area contributed by atoms with Gasteiger partial charge < -0.3 is 33.6 Å². The SMILES string of the molecule is CN(C)c1ccc(/C=C/c2sc3ccccc3[n+]2CCCCOc2ccccc2)cc1.[I-]. The molecule has 1 aromatic heterocycles. The van der Waals surface area contributed by atoms with Crippen molar-refractivity contribution in [1.29, 1.82) is 0 Å². The predicted octanol–water partition coefficient (Wildman–Crippen LogP) is 3.29. The third kappa shape index (κ3) is 6.33. The lowest BCUT2D eigenvalue weighted by atomic mass is 10.2. The molecule has 0 aliphatic heterocycles. The Hall–Kier alpha value is -2.38. The summed E-state index contributed by atoms with van der Waals surface area (Å²) in [5.74, 6) is 0.944. The molecule has 32 heavy (non-hydrogen) atoms. The smallest absolute Gasteiger partial charge is 0.262 e. The van der Waals surface area contributed by atoms with E-state index in [0.717, 1.165) is 31.7 Å². The molecule has 0 fully saturated rings. The molecule has 0 saturated carbocycles. The zero-order valence-corrected chi connectivity index (χ0v) is 21.6. The zero-order valence-electron chi connectivity index (χ0n) is 18.6. The second kappa shape index (κ2) is 12.0. The maximum absolute atomic E-state index is 5.85. The summed E-state index contributed by atoms with van der Waals surface area (Å²) in [4.78, 5) is 2.12. The molecule has 0 bridgehead atoms. The zero-order chi connectivity index (χ0) is 21.5. The quantitative estimate of drug-likeness (QED) is 0.179. The summed E-state index contributed by atoms with van der Waals surface area (Å²) in [6.45, 7) is 1.73. The molecule has 0 saturated heterocycles. The first-order valence-electron chi connectivity index (χ1n) is 10.8. The highest BCUT2D eigenvalue weighted by Gasteiger charge is 2.17. The van der Waals surface area contributed by atoms with Gasteiger partial charge in [-0.15, -0.1) is 0 Å². The molecule has 1 heterocycles. The summed E-state index contributed by atoms with van der Waals surface area (Å²) in [6, 6.07) is 27.4. The van der Waals surface area contributed by atoms with Crippen molar-refractivity contribution < 1.29 is 33.3 Å². The van der Waals surface area contributed by atoms with Crippen LogP contribution < -0.4 is 38.2 Å². The van der Waals surface area contributed by atoms with Gasteiger partial charge in [-0.25, -0.2) is 0 Å². The summed E-state index contributed by atoms with van der Waals surface area (Å²) < 4.78 is 9.61. The van der Waals surface area contributed by atoms with Gasteiger partial charge in [-0.2, -0.15) is 4.57 Å². The molecular weight excluding hydrogens is 527 g/mol. The van der Waals surface area contributed by atoms with Gasteiger partial charge in [0.25, 0.3) is 5.01 Å². The monoisotopic (exact) mass is 556 g/mol. The van der Waals surface area contributed by atoms with Crippen molar-refractivity contribution >= 4 is 39.4 Å². The van der Waals surface area contributed by atoms with Crippen LogP contribution in [0.15, 0.2) is 78.9 Å². The maximum Gasteiger partial charge on any atom is 0.262 e. The number of ether oxygens (including phenoxy) is 1. The Labute approximate surface area is 212 Å². The molecule has 0 aliphatic carbocycles. The highest BCUT2D eigenvalue weighted by molar-refractivity contribution is 7.18. The van der Waals surface area contributed by atoms with Gasteiger partial charge in [-0.05, 0) is 48.4 Å². The molecule has 3 nitrogen and oxygen atoms in total. The molecule has 0 radical (unpaired) electrons. The number of unbranched alkanes of at least 4 members (excludes halogenated alkanes) is 1. The van der Waals surface area contributed by atoms with Crippen molar-refractivity contribution in [2.75, 3.05) is 25.6 Å². The minimum atomic E-state index is 0. The summed E-state index contributed by atoms with van der Waals surface area (Å²) >= 11 is 1.85. The molecule has 5 heteroatoms. The molecule has 0 unspecified atom stereocenters. The fourth-order valence-corrected chi connectivity index (χ4v) is 4.63. The average molecular weight is 557 g/mol. The first-order valence-corrected chi connectivity index (χ1v) is 11.6. The Kier molecular flexibility index (Phi) is 9.11. The highest BCUT2D eigenvalue weighted by Crippen LogP contribution is 2.23. The Morgan fingerprint density at radius 1 is 0.844 bits per heavy atom. The maximum atomic E-state index is 5.85. The van der Waals surface area contributed by atoms with Crippen LogP contribution in [-0.2, 0) is 6.54 Å². The lowest BCUT2D eigenvalue weighted by molar-refractivity contribution is -0.669. The van der Waals surface area contributed by atoms with Crippen LogP contribution in [0.5, 0.6) is 5.75 Å². The fourth-order valence-electron chi connectivity index (χ4n) is 3.54. The van der Waals surface area contributed by atoms with Gasteiger partial charge in [0.05, 0.1) is 6.61 Å². The van der Waals surface area contributed by atoms with Crippen LogP contribution in [0.25, 0.3) is 22.4 Å². The minimum absolute atomic E-state index is 0. The lowest BCUT2D eigenvalue weighted by Gasteiger charge is -2.11. The summed E-state index contributed by atoms with van der Waals surface area (Å²) in [6.07, 6.45) is 6.56. The highest BCUT2D eigenvalue weighted by atomic mass is 127. The Morgan fingerprint density at radius 2 is 1.56 bits per heavy atom. The van der Waals surface area contributed by atoms with E-state index in [1.54, 1.807) is 0 Å². The van der Waals surface area contributed by atoms with E-state index in [-0.39, 0.29) is 24.0 Å². The molecule has 0 aliphatic rings. The van der Waals surface area contributed by atoms with Crippen LogP contribution in [0.2, 0.25) is 0 Å². The number of hydrogen-bond acceptors (Lipinski definition) is 3. The second-order valence-corrected chi connectivity index (χ2v) is 8.81. The van der Waals surface area contributed by atoms with Crippen LogP contribution in [-0.4, -0.2) is 20.7 Å². The number of halogens is 1. The van der Waals surface area contributed by atoms with Crippen molar-refractivity contribution in [3.05, 3.63) is 89.4 Å². The van der Waals surface area contributed by atoms with Crippen LogP contribution in [0, 0.1) is 0 Å². The number of rotatable bonds is 9. The Balaban J connectivity index is 0.00000289. The minimum Gasteiger partial charge on any atom is -1.00 e. The van der Waals surface area contributed by atoms with E-state index in [4.69, 9.17) is 4.74 Å². The number of para-hydroxylation sites is 2. The van der Waals surface area contributed by atoms with Crippen molar-refractivity contribution in [2.24, 2.45) is 0 Å². The van der Waals surface area contributed by atoms with E-state index < -0.39 is 0 Å². The third-order valence-corrected chi connectivity index (χ3v) is 6.38. The van der Waals surface area contributed by atoms with Crippen LogP contribution in [0.4, 0.5) is 5.69 Å². The largest absolute Gasteiger partial charge is 1.00 e. The van der Waals surface area contributed by atoms with Crippen molar-refractivity contribution in [2.45, 2.75) is 19.4 Å². The Bertz CT molecular complexity index is 1140. The lowest BCUT2D eigenvalue weighted by Crippen LogP contribution is -3.00. The molecule has 4 rings (SSSR count). The number of fused-ring (bicyclic) bond motifs is 1. The number of aromatic nitrogens is 1. The summed E-state index contributed by atoms with van der Waals surface area (Å²) in [5.41, 5.74) is 3.73. The van der Waals surface area contributed by atoms with Gasteiger partial charge in [-0.3, -0.25) is 0 Å². The first kappa shape index (κ1) is 24.3. The number of benzene rings is 3. The van der Waals surface area contributed by atoms with Gasteiger partial charge in [0, 0.05) is 38.3 Å². The Morgan fingerprint density at radius 3 is 2.31 bits per heavy atom. The number of aryl methyl sites for hydroxylation is 1. The van der Waals surface area contributed by atoms with Gasteiger partial charge >= 0.3 is 0 Å². The van der Waals surface area contributed by atoms with E-state index in [1.165, 1.54) is 26.5 Å². The number of thiazole rings is 1. The molecular formula is C27H29IN2OS. The van der Waals surface area contributed by atoms with Crippen molar-refractivity contribution in [3.63, 3.8) is 0 Å². The van der Waals surface area contributed by atoms with E-state index in [1.807, 2.05) is 41.7 Å². The molecule has 0 spiro atoms. The standard InChI is InChI=1S/C27H29N2OS.HI/c1-28(2)23-17-14-22(15-18-23)16-19-27-29(25-12-6-7-13-26(25)31-27)20-8-9-21-30-24-10-4-3-5-11-24;/h3-7,10-19H,8-9,20-21H2,1-2H3;1H/q+1;/p-1. The normalized spacial score (nSPS) is 10.9. The molecule has 0 atom stereocenters. The van der Waals surface area contributed by atoms with E-state index in [9.17, 15) is 0 Å². The van der Waals surface area contributed by atoms with E-state index >= 15 is 0 Å². The van der Waals surface area contributed by atoms with Gasteiger partial charge in [0.1, 0.15) is 10.4 Å². The molecule has 4 aromatic rings. The first-order chi connectivity index (χ1) is 15.2. The van der Waals surface area contributed by atoms with Crippen LogP contribution in [0.3, 0.4) is 0 Å². The fraction of sp³-hybridized carbons (Fsp3) is 0.222. The average Bonchev–Trinajstić information content (AvgIpc) is 3.16. The van der Waals surface area contributed by atoms with E-state index in [2.05, 4.69) is 84.2 Å². The third-order valence-electron chi connectivity index (χ3n) is 5.25. The van der Waals surface area contributed by atoms with Crippen molar-refractivity contribution in [3.8, 4) is 5.75 Å². The van der Waals surface area contributed by atoms with Crippen LogP contribution in [0.1, 0.15) is 23.4 Å². The van der Waals surface area contributed by atoms with Crippen molar-refractivity contribution in [1.82, 2.24) is 0 Å². The molecule has 3 aromatic carbocycles. The topological polar surface area (TPSA) is 16.4 Å². The molecule has 0 N–H and O–H groups in total. The predicted molar refractivity (Wildman–Crippen MR) is 133 cm³/mol. The second-order valence-electron chi connectivity index (χ2n) is 7.75. The molecule has 0 amide bonds. The molecule has 166 valence electrons. The van der Waals surface area contributed by atoms with Gasteiger partial charge in [-0.1, -0.05) is 53.8 Å². The van der Waals surface area contributed by atoms with Gasteiger partial charge in [0.2, 0.25) is 5.52 Å². The van der Waals surface area contributed by atoms with E-state index in [0.29, 0.717) is 0 Å². The summed E-state index contributed by atoms with van der Waals surface area (Å²) in [7, 11) is 4.13. The number of nitrogens with zero attached hydrogens (tertiary/aromatic N) is 2. The van der Waals surface area contributed by atoms with Gasteiger partial charge in [0.15, 0.2) is 6.54 Å². The number of hydrogen-bond donors (Lipinski definition) is 0.